The number of rotatable bonds is 0. The molecule has 0 fully saturated rings. The summed E-state index contributed by atoms with van der Waals surface area (Å²) in [5.74, 6) is 0. The van der Waals surface area contributed by atoms with E-state index in [9.17, 15) is 0 Å². The number of para-hydroxylation sites is 3. The largest absolute Gasteiger partial charge is 0.456 e. The van der Waals surface area contributed by atoms with Gasteiger partial charge in [-0.2, -0.15) is 0 Å². The van der Waals surface area contributed by atoms with Crippen LogP contribution in [-0.4, -0.2) is 4.57 Å². The van der Waals surface area contributed by atoms with E-state index in [0.717, 1.165) is 77.3 Å². The number of hydrogen-bond donors (Lipinski definition) is 0. The van der Waals surface area contributed by atoms with Gasteiger partial charge in [0.05, 0.1) is 22.1 Å². The first-order valence-electron chi connectivity index (χ1n) is 13.4. The topological polar surface area (TPSA) is 31.2 Å². The summed E-state index contributed by atoms with van der Waals surface area (Å²) in [4.78, 5) is 0. The maximum absolute atomic E-state index is 6.65. The fourth-order valence-corrected chi connectivity index (χ4v) is 7.18. The van der Waals surface area contributed by atoms with Gasteiger partial charge in [0.25, 0.3) is 0 Å². The molecule has 1 aliphatic heterocycles. The van der Waals surface area contributed by atoms with Crippen molar-refractivity contribution in [2.45, 2.75) is 0 Å². The highest BCUT2D eigenvalue weighted by Gasteiger charge is 2.29. The van der Waals surface area contributed by atoms with Crippen molar-refractivity contribution < 1.29 is 8.83 Å². The summed E-state index contributed by atoms with van der Waals surface area (Å²) in [6, 6.07) is 38.2. The van der Waals surface area contributed by atoms with Gasteiger partial charge in [0.15, 0.2) is 0 Å². The predicted octanol–water partition coefficient (Wildman–Crippen LogP) is 10.9. The van der Waals surface area contributed by atoms with Crippen molar-refractivity contribution in [3.63, 3.8) is 0 Å². The second-order valence-corrected chi connectivity index (χ2v) is 11.0. The van der Waals surface area contributed by atoms with E-state index in [0.29, 0.717) is 5.02 Å². The molecule has 0 bridgehead atoms. The van der Waals surface area contributed by atoms with Crippen LogP contribution in [0.15, 0.2) is 118 Å². The molecule has 10 rings (SSSR count). The molecule has 0 spiro atoms. The van der Waals surface area contributed by atoms with Gasteiger partial charge >= 0.3 is 0 Å². The van der Waals surface area contributed by atoms with E-state index >= 15 is 0 Å². The summed E-state index contributed by atoms with van der Waals surface area (Å²) in [7, 11) is 0. The van der Waals surface area contributed by atoms with E-state index < -0.39 is 0 Å². The molecule has 186 valence electrons. The van der Waals surface area contributed by atoms with Crippen LogP contribution in [0.1, 0.15) is 0 Å². The molecular weight excluding hydrogens is 514 g/mol. The lowest BCUT2D eigenvalue weighted by molar-refractivity contribution is 0.669. The minimum atomic E-state index is 0.689. The van der Waals surface area contributed by atoms with Gasteiger partial charge in [-0.3, -0.25) is 0 Å². The van der Waals surface area contributed by atoms with E-state index in [4.69, 9.17) is 20.4 Å². The number of benzene rings is 6. The van der Waals surface area contributed by atoms with Gasteiger partial charge in [-0.15, -0.1) is 0 Å². The molecule has 4 heterocycles. The van der Waals surface area contributed by atoms with Crippen LogP contribution in [0.5, 0.6) is 0 Å². The molecular formula is C36H18ClNO2. The lowest BCUT2D eigenvalue weighted by Crippen LogP contribution is -1.96. The van der Waals surface area contributed by atoms with Gasteiger partial charge in [0.1, 0.15) is 22.3 Å². The first kappa shape index (κ1) is 20.9. The third kappa shape index (κ3) is 2.43. The number of halogens is 1. The van der Waals surface area contributed by atoms with Gasteiger partial charge in [-0.1, -0.05) is 72.3 Å². The van der Waals surface area contributed by atoms with Crippen molar-refractivity contribution in [1.29, 1.82) is 0 Å². The molecule has 0 N–H and O–H groups in total. The molecule has 0 amide bonds. The Labute approximate surface area is 232 Å². The Kier molecular flexibility index (Phi) is 3.74. The molecule has 0 saturated heterocycles. The van der Waals surface area contributed by atoms with Crippen LogP contribution in [0.2, 0.25) is 5.02 Å². The molecule has 0 radical (unpaired) electrons. The maximum atomic E-state index is 6.65. The Hall–Kier alpha value is -4.99. The van der Waals surface area contributed by atoms with Gasteiger partial charge < -0.3 is 13.4 Å². The predicted molar refractivity (Wildman–Crippen MR) is 165 cm³/mol. The average Bonchev–Trinajstić information content (AvgIpc) is 3.63. The molecule has 1 aliphatic rings. The van der Waals surface area contributed by atoms with E-state index in [2.05, 4.69) is 89.5 Å². The van der Waals surface area contributed by atoms with Crippen LogP contribution >= 0.6 is 11.6 Å². The SMILES string of the molecule is Clc1ccc2oc3ccc4c(c3c2c1)-n1c2ccccc2c2cccc(c21)-c1c-4ccc2c1oc1ccccc12. The molecule has 0 atom stereocenters. The average molecular weight is 532 g/mol. The third-order valence-corrected chi connectivity index (χ3v) is 8.83. The van der Waals surface area contributed by atoms with Crippen LogP contribution in [0.4, 0.5) is 0 Å². The smallest absolute Gasteiger partial charge is 0.143 e. The van der Waals surface area contributed by atoms with E-state index in [1.807, 2.05) is 24.3 Å². The van der Waals surface area contributed by atoms with E-state index in [1.54, 1.807) is 0 Å². The fraction of sp³-hybridized carbons (Fsp3) is 0. The van der Waals surface area contributed by atoms with Crippen molar-refractivity contribution in [1.82, 2.24) is 4.57 Å². The van der Waals surface area contributed by atoms with Gasteiger partial charge in [-0.25, -0.2) is 0 Å². The van der Waals surface area contributed by atoms with Crippen LogP contribution in [0.25, 0.3) is 93.6 Å². The number of furan rings is 2. The highest BCUT2D eigenvalue weighted by Crippen LogP contribution is 2.52. The highest BCUT2D eigenvalue weighted by atomic mass is 35.5. The molecule has 6 aromatic carbocycles. The fourth-order valence-electron chi connectivity index (χ4n) is 7.01. The zero-order chi connectivity index (χ0) is 26.1. The van der Waals surface area contributed by atoms with Crippen LogP contribution < -0.4 is 0 Å². The standard InChI is InChI=1S/C36H18ClNO2/c37-19-12-16-30-27(18-19)33-31(39-30)17-15-24-22-13-14-25-21-7-2-4-11-29(21)40-36(25)32(22)26-9-5-8-23-20-6-1-3-10-28(20)38(34(23)26)35(24)33/h1-18H. The van der Waals surface area contributed by atoms with Gasteiger partial charge in [-0.05, 0) is 54.1 Å². The molecule has 0 aliphatic carbocycles. The van der Waals surface area contributed by atoms with Crippen LogP contribution in [0.3, 0.4) is 0 Å². The molecule has 4 heteroatoms. The molecule has 3 nitrogen and oxygen atoms in total. The summed E-state index contributed by atoms with van der Waals surface area (Å²) < 4.78 is 15.5. The molecule has 0 unspecified atom stereocenters. The summed E-state index contributed by atoms with van der Waals surface area (Å²) in [6.07, 6.45) is 0. The number of fused-ring (bicyclic) bond motifs is 16. The van der Waals surface area contributed by atoms with Gasteiger partial charge in [0, 0.05) is 48.6 Å². The van der Waals surface area contributed by atoms with Crippen LogP contribution in [0, 0.1) is 0 Å². The Bertz CT molecular complexity index is 2560. The third-order valence-electron chi connectivity index (χ3n) is 8.60. The Morgan fingerprint density at radius 2 is 1.30 bits per heavy atom. The number of hydrogen-bond acceptors (Lipinski definition) is 2. The zero-order valence-corrected chi connectivity index (χ0v) is 21.8. The van der Waals surface area contributed by atoms with Crippen molar-refractivity contribution >= 4 is 77.3 Å². The Balaban J connectivity index is 1.54. The Morgan fingerprint density at radius 1 is 0.525 bits per heavy atom. The first-order valence-corrected chi connectivity index (χ1v) is 13.8. The lowest BCUT2D eigenvalue weighted by atomic mass is 9.91. The van der Waals surface area contributed by atoms with Crippen molar-refractivity contribution in [2.75, 3.05) is 0 Å². The number of aromatic nitrogens is 1. The minimum absolute atomic E-state index is 0.689. The zero-order valence-electron chi connectivity index (χ0n) is 21.0. The monoisotopic (exact) mass is 531 g/mol. The van der Waals surface area contributed by atoms with Crippen molar-refractivity contribution in [3.05, 3.63) is 114 Å². The molecule has 40 heavy (non-hydrogen) atoms. The maximum Gasteiger partial charge on any atom is 0.143 e. The first-order chi connectivity index (χ1) is 19.8. The van der Waals surface area contributed by atoms with E-state index in [-0.39, 0.29) is 0 Å². The Morgan fingerprint density at radius 3 is 2.25 bits per heavy atom. The quantitative estimate of drug-likeness (QED) is 0.195. The highest BCUT2D eigenvalue weighted by molar-refractivity contribution is 6.32. The molecule has 9 aromatic rings. The minimum Gasteiger partial charge on any atom is -0.456 e. The van der Waals surface area contributed by atoms with Crippen LogP contribution in [-0.2, 0) is 0 Å². The van der Waals surface area contributed by atoms with Crippen molar-refractivity contribution in [3.8, 4) is 27.9 Å². The summed E-state index contributed by atoms with van der Waals surface area (Å²) in [5, 5.41) is 7.44. The second kappa shape index (κ2) is 7.15. The summed E-state index contributed by atoms with van der Waals surface area (Å²) in [6.45, 7) is 0. The lowest BCUT2D eigenvalue weighted by Gasteiger charge is -2.14. The molecule has 3 aromatic heterocycles. The normalized spacial score (nSPS) is 12.6. The molecule has 0 saturated carbocycles. The summed E-state index contributed by atoms with van der Waals surface area (Å²) in [5.41, 5.74) is 11.4. The van der Waals surface area contributed by atoms with Crippen molar-refractivity contribution in [2.24, 2.45) is 0 Å². The van der Waals surface area contributed by atoms with E-state index in [1.165, 1.54) is 16.3 Å². The summed E-state index contributed by atoms with van der Waals surface area (Å²) >= 11 is 6.55. The second-order valence-electron chi connectivity index (χ2n) is 10.6. The van der Waals surface area contributed by atoms with Gasteiger partial charge in [0.2, 0.25) is 0 Å². The number of nitrogens with zero attached hydrogens (tertiary/aromatic N) is 1.